The van der Waals surface area contributed by atoms with Gasteiger partial charge in [0.15, 0.2) is 0 Å². The summed E-state index contributed by atoms with van der Waals surface area (Å²) in [5.41, 5.74) is 1.07. The standard InChI is InChI=1S/C10H12ClNO.ClH/c11-8-3-1-2-7(6-8)10-9(13)4-5-12-10;/h1-3,6,9-10,12-13H,4-5H2;1H. The largest absolute Gasteiger partial charge is 0.391 e. The van der Waals surface area contributed by atoms with Gasteiger partial charge < -0.3 is 10.4 Å². The summed E-state index contributed by atoms with van der Waals surface area (Å²) in [6, 6.07) is 7.68. The van der Waals surface area contributed by atoms with E-state index in [4.69, 9.17) is 11.6 Å². The molecule has 0 aromatic heterocycles. The van der Waals surface area contributed by atoms with E-state index < -0.39 is 0 Å². The molecular formula is C10H13Cl2NO. The van der Waals surface area contributed by atoms with Crippen molar-refractivity contribution in [3.05, 3.63) is 34.9 Å². The molecule has 2 N–H and O–H groups in total. The monoisotopic (exact) mass is 233 g/mol. The van der Waals surface area contributed by atoms with E-state index in [0.717, 1.165) is 23.6 Å². The van der Waals surface area contributed by atoms with Crippen molar-refractivity contribution >= 4 is 24.0 Å². The van der Waals surface area contributed by atoms with E-state index in [-0.39, 0.29) is 24.6 Å². The van der Waals surface area contributed by atoms with Crippen LogP contribution in [0.15, 0.2) is 24.3 Å². The fourth-order valence-electron chi connectivity index (χ4n) is 1.73. The van der Waals surface area contributed by atoms with Crippen LogP contribution in [0.1, 0.15) is 18.0 Å². The van der Waals surface area contributed by atoms with Crippen molar-refractivity contribution in [3.63, 3.8) is 0 Å². The van der Waals surface area contributed by atoms with Gasteiger partial charge in [-0.05, 0) is 30.7 Å². The number of hydrogen-bond acceptors (Lipinski definition) is 2. The van der Waals surface area contributed by atoms with Crippen molar-refractivity contribution in [1.82, 2.24) is 5.32 Å². The number of aliphatic hydroxyl groups is 1. The van der Waals surface area contributed by atoms with E-state index in [9.17, 15) is 5.11 Å². The summed E-state index contributed by atoms with van der Waals surface area (Å²) in [5.74, 6) is 0. The minimum absolute atomic E-state index is 0. The fourth-order valence-corrected chi connectivity index (χ4v) is 1.93. The first kappa shape index (κ1) is 11.8. The Hall–Kier alpha value is -0.280. The highest BCUT2D eigenvalue weighted by Crippen LogP contribution is 2.25. The van der Waals surface area contributed by atoms with Crippen molar-refractivity contribution in [2.45, 2.75) is 18.6 Å². The molecule has 0 radical (unpaired) electrons. The van der Waals surface area contributed by atoms with E-state index in [0.29, 0.717) is 0 Å². The summed E-state index contributed by atoms with van der Waals surface area (Å²) in [5, 5.41) is 13.6. The molecule has 2 atom stereocenters. The molecule has 4 heteroatoms. The topological polar surface area (TPSA) is 32.3 Å². The molecule has 14 heavy (non-hydrogen) atoms. The third-order valence-corrected chi connectivity index (χ3v) is 2.63. The van der Waals surface area contributed by atoms with E-state index in [2.05, 4.69) is 5.32 Å². The zero-order valence-corrected chi connectivity index (χ0v) is 9.18. The number of benzene rings is 1. The summed E-state index contributed by atoms with van der Waals surface area (Å²) >= 11 is 5.86. The Morgan fingerprint density at radius 2 is 2.21 bits per heavy atom. The van der Waals surface area contributed by atoms with Gasteiger partial charge in [0.05, 0.1) is 12.1 Å². The molecule has 1 aliphatic rings. The Bertz CT molecular complexity index is 306. The molecule has 1 saturated heterocycles. The van der Waals surface area contributed by atoms with Crippen molar-refractivity contribution in [2.75, 3.05) is 6.54 Å². The van der Waals surface area contributed by atoms with Crippen LogP contribution in [0.3, 0.4) is 0 Å². The number of aliphatic hydroxyl groups excluding tert-OH is 1. The molecule has 2 unspecified atom stereocenters. The molecule has 78 valence electrons. The van der Waals surface area contributed by atoms with Gasteiger partial charge in [-0.15, -0.1) is 12.4 Å². The van der Waals surface area contributed by atoms with Crippen molar-refractivity contribution < 1.29 is 5.11 Å². The van der Waals surface area contributed by atoms with Crippen LogP contribution in [0.2, 0.25) is 5.02 Å². The number of rotatable bonds is 1. The Balaban J connectivity index is 0.000000980. The van der Waals surface area contributed by atoms with Crippen LogP contribution in [0.25, 0.3) is 0 Å². The molecule has 1 fully saturated rings. The SMILES string of the molecule is Cl.OC1CCNC1c1cccc(Cl)c1. The van der Waals surface area contributed by atoms with Crippen molar-refractivity contribution in [1.29, 1.82) is 0 Å². The second-order valence-corrected chi connectivity index (χ2v) is 3.78. The quantitative estimate of drug-likeness (QED) is 0.780. The lowest BCUT2D eigenvalue weighted by molar-refractivity contribution is 0.160. The Labute approximate surface area is 94.7 Å². The highest BCUT2D eigenvalue weighted by Gasteiger charge is 2.25. The number of nitrogens with one attached hydrogen (secondary N) is 1. The first-order valence-electron chi connectivity index (χ1n) is 4.44. The van der Waals surface area contributed by atoms with Crippen LogP contribution < -0.4 is 5.32 Å². The van der Waals surface area contributed by atoms with Gasteiger partial charge in [0.2, 0.25) is 0 Å². The lowest BCUT2D eigenvalue weighted by Crippen LogP contribution is -2.20. The average molecular weight is 234 g/mol. The molecule has 1 aromatic carbocycles. The van der Waals surface area contributed by atoms with Crippen LogP contribution in [-0.2, 0) is 0 Å². The molecular weight excluding hydrogens is 221 g/mol. The number of hydrogen-bond donors (Lipinski definition) is 2. The normalized spacial score (nSPS) is 25.9. The molecule has 1 aromatic rings. The van der Waals surface area contributed by atoms with Gasteiger partial charge >= 0.3 is 0 Å². The molecule has 0 aliphatic carbocycles. The van der Waals surface area contributed by atoms with E-state index in [1.807, 2.05) is 24.3 Å². The van der Waals surface area contributed by atoms with Gasteiger partial charge in [-0.1, -0.05) is 23.7 Å². The van der Waals surface area contributed by atoms with Gasteiger partial charge in [-0.2, -0.15) is 0 Å². The van der Waals surface area contributed by atoms with Crippen LogP contribution in [0.5, 0.6) is 0 Å². The molecule has 1 aliphatic heterocycles. The van der Waals surface area contributed by atoms with Crippen LogP contribution in [0.4, 0.5) is 0 Å². The van der Waals surface area contributed by atoms with E-state index in [1.54, 1.807) is 0 Å². The minimum Gasteiger partial charge on any atom is -0.391 e. The third-order valence-electron chi connectivity index (χ3n) is 2.40. The predicted molar refractivity (Wildman–Crippen MR) is 60.1 cm³/mol. The maximum absolute atomic E-state index is 9.63. The minimum atomic E-state index is -0.279. The van der Waals surface area contributed by atoms with Gasteiger partial charge in [0.25, 0.3) is 0 Å². The summed E-state index contributed by atoms with van der Waals surface area (Å²) in [4.78, 5) is 0. The average Bonchev–Trinajstić information content (AvgIpc) is 2.51. The summed E-state index contributed by atoms with van der Waals surface area (Å²) < 4.78 is 0. The van der Waals surface area contributed by atoms with Gasteiger partial charge in [0, 0.05) is 5.02 Å². The number of halogens is 2. The van der Waals surface area contributed by atoms with Crippen molar-refractivity contribution in [3.8, 4) is 0 Å². The van der Waals surface area contributed by atoms with Gasteiger partial charge in [0.1, 0.15) is 0 Å². The van der Waals surface area contributed by atoms with Gasteiger partial charge in [-0.3, -0.25) is 0 Å². The van der Waals surface area contributed by atoms with Gasteiger partial charge in [-0.25, -0.2) is 0 Å². The van der Waals surface area contributed by atoms with E-state index >= 15 is 0 Å². The molecule has 2 nitrogen and oxygen atoms in total. The maximum Gasteiger partial charge on any atom is 0.0747 e. The second-order valence-electron chi connectivity index (χ2n) is 3.34. The Morgan fingerprint density at radius 3 is 2.79 bits per heavy atom. The lowest BCUT2D eigenvalue weighted by Gasteiger charge is -2.14. The first-order chi connectivity index (χ1) is 6.27. The van der Waals surface area contributed by atoms with Crippen LogP contribution in [0, 0.1) is 0 Å². The zero-order chi connectivity index (χ0) is 9.26. The molecule has 2 rings (SSSR count). The zero-order valence-electron chi connectivity index (χ0n) is 7.61. The molecule has 0 spiro atoms. The summed E-state index contributed by atoms with van der Waals surface area (Å²) in [6.45, 7) is 0.873. The van der Waals surface area contributed by atoms with Crippen LogP contribution in [-0.4, -0.2) is 17.8 Å². The summed E-state index contributed by atoms with van der Waals surface area (Å²) in [7, 11) is 0. The maximum atomic E-state index is 9.63. The second kappa shape index (κ2) is 4.99. The Kier molecular flexibility index (Phi) is 4.20. The molecule has 0 saturated carbocycles. The van der Waals surface area contributed by atoms with Crippen LogP contribution >= 0.6 is 24.0 Å². The molecule has 0 amide bonds. The summed E-state index contributed by atoms with van der Waals surface area (Å²) in [6.07, 6.45) is 0.537. The fraction of sp³-hybridized carbons (Fsp3) is 0.400. The third kappa shape index (κ3) is 2.39. The molecule has 1 heterocycles. The first-order valence-corrected chi connectivity index (χ1v) is 4.82. The van der Waals surface area contributed by atoms with E-state index in [1.165, 1.54) is 0 Å². The van der Waals surface area contributed by atoms with Crippen molar-refractivity contribution in [2.24, 2.45) is 0 Å². The molecule has 0 bridgehead atoms. The highest BCUT2D eigenvalue weighted by atomic mass is 35.5. The lowest BCUT2D eigenvalue weighted by atomic mass is 10.0. The predicted octanol–water partition coefficient (Wildman–Crippen LogP) is 2.16. The smallest absolute Gasteiger partial charge is 0.0747 e. The Morgan fingerprint density at radius 1 is 1.43 bits per heavy atom. The highest BCUT2D eigenvalue weighted by molar-refractivity contribution is 6.30.